The molecule has 24 heavy (non-hydrogen) atoms. The van der Waals surface area contributed by atoms with Crippen molar-refractivity contribution < 1.29 is 8.42 Å². The quantitative estimate of drug-likeness (QED) is 0.794. The maximum atomic E-state index is 12.8. The Balaban J connectivity index is 1.65. The summed E-state index contributed by atoms with van der Waals surface area (Å²) >= 11 is 12.4. The minimum atomic E-state index is -3.35. The van der Waals surface area contributed by atoms with Crippen LogP contribution in [0.3, 0.4) is 0 Å². The average molecular weight is 392 g/mol. The molecule has 5 nitrogen and oxygen atoms in total. The fourth-order valence-corrected chi connectivity index (χ4v) is 5.31. The van der Waals surface area contributed by atoms with E-state index in [2.05, 4.69) is 11.8 Å². The van der Waals surface area contributed by atoms with Crippen LogP contribution in [0.5, 0.6) is 0 Å². The molecule has 1 aromatic rings. The van der Waals surface area contributed by atoms with Crippen LogP contribution in [0.25, 0.3) is 0 Å². The van der Waals surface area contributed by atoms with Gasteiger partial charge in [-0.25, -0.2) is 0 Å². The lowest BCUT2D eigenvalue weighted by molar-refractivity contribution is 0.260. The predicted octanol–water partition coefficient (Wildman–Crippen LogP) is 3.09. The van der Waals surface area contributed by atoms with Crippen LogP contribution in [0.1, 0.15) is 19.8 Å². The summed E-state index contributed by atoms with van der Waals surface area (Å²) in [6.45, 7) is 5.60. The van der Waals surface area contributed by atoms with E-state index in [9.17, 15) is 8.42 Å². The van der Waals surface area contributed by atoms with E-state index >= 15 is 0 Å². The van der Waals surface area contributed by atoms with Crippen LogP contribution in [0.2, 0.25) is 10.0 Å². The van der Waals surface area contributed by atoms with E-state index in [1.807, 2.05) is 12.1 Å². The second kappa shape index (κ2) is 7.38. The summed E-state index contributed by atoms with van der Waals surface area (Å²) in [5.41, 5.74) is 0.869. The van der Waals surface area contributed by atoms with Gasteiger partial charge < -0.3 is 4.90 Å². The van der Waals surface area contributed by atoms with Crippen molar-refractivity contribution in [2.45, 2.75) is 19.8 Å². The molecule has 0 aliphatic carbocycles. The molecule has 8 heteroatoms. The van der Waals surface area contributed by atoms with Crippen molar-refractivity contribution in [1.29, 1.82) is 0 Å². The summed E-state index contributed by atoms with van der Waals surface area (Å²) in [6, 6.07) is 5.54. The van der Waals surface area contributed by atoms with Gasteiger partial charge in [0.25, 0.3) is 10.2 Å². The number of piperidine rings is 1. The van der Waals surface area contributed by atoms with E-state index in [1.165, 1.54) is 0 Å². The molecule has 134 valence electrons. The normalized spacial score (nSPS) is 22.0. The fraction of sp³-hybridized carbons (Fsp3) is 0.625. The number of halogens is 2. The Morgan fingerprint density at radius 1 is 0.958 bits per heavy atom. The first-order valence-corrected chi connectivity index (χ1v) is 10.5. The van der Waals surface area contributed by atoms with Crippen molar-refractivity contribution >= 4 is 39.1 Å². The molecule has 0 aromatic heterocycles. The summed E-state index contributed by atoms with van der Waals surface area (Å²) in [5.74, 6) is 0.610. The van der Waals surface area contributed by atoms with Crippen molar-refractivity contribution in [3.05, 3.63) is 28.2 Å². The number of benzene rings is 1. The molecule has 2 aliphatic heterocycles. The Kier molecular flexibility index (Phi) is 5.62. The third kappa shape index (κ3) is 3.68. The topological polar surface area (TPSA) is 43.9 Å². The SMILES string of the molecule is CC1CCN(S(=O)(=O)N2CCN(c3cccc(Cl)c3Cl)CC2)CC1. The highest BCUT2D eigenvalue weighted by atomic mass is 35.5. The zero-order chi connectivity index (χ0) is 17.3. The molecule has 0 unspecified atom stereocenters. The summed E-state index contributed by atoms with van der Waals surface area (Å²) in [6.07, 6.45) is 1.88. The number of piperazine rings is 1. The van der Waals surface area contributed by atoms with E-state index in [1.54, 1.807) is 14.7 Å². The number of nitrogens with zero attached hydrogens (tertiary/aromatic N) is 3. The second-order valence-electron chi connectivity index (χ2n) is 6.55. The van der Waals surface area contributed by atoms with Crippen LogP contribution < -0.4 is 4.90 Å². The van der Waals surface area contributed by atoms with E-state index in [0.29, 0.717) is 55.2 Å². The number of anilines is 1. The first-order chi connectivity index (χ1) is 11.4. The maximum absolute atomic E-state index is 12.8. The first kappa shape index (κ1) is 18.3. The van der Waals surface area contributed by atoms with Gasteiger partial charge >= 0.3 is 0 Å². The Bertz CT molecular complexity index is 683. The minimum Gasteiger partial charge on any atom is -0.368 e. The van der Waals surface area contributed by atoms with Gasteiger partial charge in [0.05, 0.1) is 15.7 Å². The van der Waals surface area contributed by atoms with Crippen LogP contribution in [0.15, 0.2) is 18.2 Å². The van der Waals surface area contributed by atoms with Gasteiger partial charge in [-0.15, -0.1) is 0 Å². The van der Waals surface area contributed by atoms with Gasteiger partial charge in [0.1, 0.15) is 0 Å². The molecule has 0 amide bonds. The lowest BCUT2D eigenvalue weighted by atomic mass is 10.0. The molecular weight excluding hydrogens is 369 g/mol. The molecule has 2 saturated heterocycles. The van der Waals surface area contributed by atoms with Crippen LogP contribution in [0.4, 0.5) is 5.69 Å². The van der Waals surface area contributed by atoms with Crippen molar-refractivity contribution in [3.63, 3.8) is 0 Å². The summed E-state index contributed by atoms with van der Waals surface area (Å²) in [7, 11) is -3.35. The highest BCUT2D eigenvalue weighted by Crippen LogP contribution is 2.33. The summed E-state index contributed by atoms with van der Waals surface area (Å²) in [4.78, 5) is 2.10. The predicted molar refractivity (Wildman–Crippen MR) is 99.1 cm³/mol. The van der Waals surface area contributed by atoms with Crippen LogP contribution >= 0.6 is 23.2 Å². The van der Waals surface area contributed by atoms with Gasteiger partial charge in [0.15, 0.2) is 0 Å². The van der Waals surface area contributed by atoms with Gasteiger partial charge in [0, 0.05) is 39.3 Å². The number of hydrogen-bond donors (Lipinski definition) is 0. The van der Waals surface area contributed by atoms with E-state index in [4.69, 9.17) is 23.2 Å². The Morgan fingerprint density at radius 3 is 2.17 bits per heavy atom. The molecule has 0 atom stereocenters. The zero-order valence-corrected chi connectivity index (χ0v) is 16.1. The van der Waals surface area contributed by atoms with Crippen molar-refractivity contribution in [3.8, 4) is 0 Å². The van der Waals surface area contributed by atoms with Crippen LogP contribution in [-0.4, -0.2) is 56.3 Å². The fourth-order valence-electron chi connectivity index (χ4n) is 3.28. The first-order valence-electron chi connectivity index (χ1n) is 8.34. The van der Waals surface area contributed by atoms with Gasteiger partial charge in [-0.3, -0.25) is 0 Å². The van der Waals surface area contributed by atoms with Crippen molar-refractivity contribution in [1.82, 2.24) is 8.61 Å². The Labute approximate surface area is 154 Å². The highest BCUT2D eigenvalue weighted by molar-refractivity contribution is 7.86. The van der Waals surface area contributed by atoms with Gasteiger partial charge in [-0.05, 0) is 30.9 Å². The molecule has 2 fully saturated rings. The molecule has 0 N–H and O–H groups in total. The Morgan fingerprint density at radius 2 is 1.54 bits per heavy atom. The van der Waals surface area contributed by atoms with E-state index < -0.39 is 10.2 Å². The average Bonchev–Trinajstić information content (AvgIpc) is 2.58. The smallest absolute Gasteiger partial charge is 0.282 e. The molecule has 2 aliphatic rings. The highest BCUT2D eigenvalue weighted by Gasteiger charge is 2.34. The van der Waals surface area contributed by atoms with Crippen molar-refractivity contribution in [2.75, 3.05) is 44.2 Å². The molecule has 1 aromatic carbocycles. The van der Waals surface area contributed by atoms with Gasteiger partial charge in [-0.1, -0.05) is 36.2 Å². The molecule has 0 bridgehead atoms. The van der Waals surface area contributed by atoms with Gasteiger partial charge in [-0.2, -0.15) is 17.0 Å². The van der Waals surface area contributed by atoms with Crippen LogP contribution in [0, 0.1) is 5.92 Å². The number of hydrogen-bond acceptors (Lipinski definition) is 3. The Hall–Kier alpha value is -0.530. The molecule has 2 heterocycles. The van der Waals surface area contributed by atoms with Gasteiger partial charge in [0.2, 0.25) is 0 Å². The van der Waals surface area contributed by atoms with E-state index in [0.717, 1.165) is 18.5 Å². The van der Waals surface area contributed by atoms with Crippen molar-refractivity contribution in [2.24, 2.45) is 5.92 Å². The molecule has 0 spiro atoms. The third-order valence-electron chi connectivity index (χ3n) is 4.91. The second-order valence-corrected chi connectivity index (χ2v) is 9.26. The molecule has 0 radical (unpaired) electrons. The molecular formula is C16H23Cl2N3O2S. The largest absolute Gasteiger partial charge is 0.368 e. The van der Waals surface area contributed by atoms with Crippen LogP contribution in [-0.2, 0) is 10.2 Å². The maximum Gasteiger partial charge on any atom is 0.282 e. The third-order valence-corrected chi connectivity index (χ3v) is 7.75. The molecule has 3 rings (SSSR count). The summed E-state index contributed by atoms with van der Waals surface area (Å²) < 4.78 is 28.8. The lowest BCUT2D eigenvalue weighted by Crippen LogP contribution is -2.54. The number of rotatable bonds is 3. The monoisotopic (exact) mass is 391 g/mol. The minimum absolute atomic E-state index is 0.469. The zero-order valence-electron chi connectivity index (χ0n) is 13.8. The molecule has 0 saturated carbocycles. The standard InChI is InChI=1S/C16H23Cl2N3O2S/c1-13-5-7-20(8-6-13)24(22,23)21-11-9-19(10-12-21)15-4-2-3-14(17)16(15)18/h2-4,13H,5-12H2,1H3. The summed E-state index contributed by atoms with van der Waals surface area (Å²) in [5, 5.41) is 1.05. The lowest BCUT2D eigenvalue weighted by Gasteiger charge is -2.39. The van der Waals surface area contributed by atoms with E-state index in [-0.39, 0.29) is 0 Å².